The zero-order valence-corrected chi connectivity index (χ0v) is 9.34. The first kappa shape index (κ1) is 10.9. The maximum atomic E-state index is 11.7. The lowest BCUT2D eigenvalue weighted by atomic mass is 10.1. The SMILES string of the molecule is O=C(OCCC1CC1)C1CCCCCN1. The highest BCUT2D eigenvalue weighted by Gasteiger charge is 2.23. The Morgan fingerprint density at radius 3 is 2.87 bits per heavy atom. The summed E-state index contributed by atoms with van der Waals surface area (Å²) >= 11 is 0. The summed E-state index contributed by atoms with van der Waals surface area (Å²) in [6, 6.07) is -0.0355. The Morgan fingerprint density at radius 1 is 1.20 bits per heavy atom. The highest BCUT2D eigenvalue weighted by atomic mass is 16.5. The lowest BCUT2D eigenvalue weighted by molar-refractivity contribution is -0.146. The molecule has 15 heavy (non-hydrogen) atoms. The molecule has 0 amide bonds. The van der Waals surface area contributed by atoms with Crippen molar-refractivity contribution in [1.29, 1.82) is 0 Å². The summed E-state index contributed by atoms with van der Waals surface area (Å²) < 4.78 is 5.29. The van der Waals surface area contributed by atoms with Crippen LogP contribution in [-0.2, 0) is 9.53 Å². The molecule has 3 heteroatoms. The fourth-order valence-electron chi connectivity index (χ4n) is 2.06. The maximum Gasteiger partial charge on any atom is 0.323 e. The molecule has 1 aliphatic heterocycles. The molecule has 2 fully saturated rings. The fraction of sp³-hybridized carbons (Fsp3) is 0.917. The van der Waals surface area contributed by atoms with Crippen LogP contribution in [0.1, 0.15) is 44.9 Å². The maximum absolute atomic E-state index is 11.7. The van der Waals surface area contributed by atoms with Gasteiger partial charge in [-0.05, 0) is 31.7 Å². The summed E-state index contributed by atoms with van der Waals surface area (Å²) in [5, 5.41) is 3.26. The molecule has 1 aliphatic carbocycles. The average Bonchev–Trinajstić information content (AvgIpc) is 3.04. The first-order chi connectivity index (χ1) is 7.36. The van der Waals surface area contributed by atoms with Crippen molar-refractivity contribution in [2.24, 2.45) is 5.92 Å². The topological polar surface area (TPSA) is 38.3 Å². The molecule has 0 radical (unpaired) electrons. The van der Waals surface area contributed by atoms with E-state index in [9.17, 15) is 4.79 Å². The monoisotopic (exact) mass is 211 g/mol. The van der Waals surface area contributed by atoms with Crippen molar-refractivity contribution < 1.29 is 9.53 Å². The quantitative estimate of drug-likeness (QED) is 0.721. The minimum atomic E-state index is -0.0355. The summed E-state index contributed by atoms with van der Waals surface area (Å²) in [5.41, 5.74) is 0. The second-order valence-corrected chi connectivity index (χ2v) is 4.76. The van der Waals surface area contributed by atoms with Crippen LogP contribution in [0.2, 0.25) is 0 Å². The van der Waals surface area contributed by atoms with E-state index in [1.807, 2.05) is 0 Å². The van der Waals surface area contributed by atoms with E-state index >= 15 is 0 Å². The van der Waals surface area contributed by atoms with Crippen LogP contribution in [0, 0.1) is 5.92 Å². The molecule has 1 heterocycles. The van der Waals surface area contributed by atoms with Crippen LogP contribution in [0.15, 0.2) is 0 Å². The van der Waals surface area contributed by atoms with Gasteiger partial charge in [0.1, 0.15) is 6.04 Å². The summed E-state index contributed by atoms with van der Waals surface area (Å²) in [4.78, 5) is 11.7. The molecular weight excluding hydrogens is 190 g/mol. The van der Waals surface area contributed by atoms with Crippen LogP contribution in [0.25, 0.3) is 0 Å². The number of rotatable bonds is 4. The van der Waals surface area contributed by atoms with Crippen LogP contribution in [0.5, 0.6) is 0 Å². The van der Waals surface area contributed by atoms with E-state index in [0.29, 0.717) is 6.61 Å². The minimum Gasteiger partial charge on any atom is -0.465 e. The average molecular weight is 211 g/mol. The van der Waals surface area contributed by atoms with Crippen molar-refractivity contribution in [2.75, 3.05) is 13.2 Å². The first-order valence-electron chi connectivity index (χ1n) is 6.26. The summed E-state index contributed by atoms with van der Waals surface area (Å²) in [6.45, 7) is 1.59. The van der Waals surface area contributed by atoms with Gasteiger partial charge in [-0.1, -0.05) is 25.7 Å². The van der Waals surface area contributed by atoms with E-state index in [2.05, 4.69) is 5.32 Å². The predicted molar refractivity (Wildman–Crippen MR) is 58.6 cm³/mol. The Labute approximate surface area is 91.6 Å². The third-order valence-corrected chi connectivity index (χ3v) is 3.31. The molecule has 1 atom stereocenters. The van der Waals surface area contributed by atoms with Gasteiger partial charge in [-0.2, -0.15) is 0 Å². The van der Waals surface area contributed by atoms with E-state index in [4.69, 9.17) is 4.74 Å². The second kappa shape index (κ2) is 5.50. The molecule has 3 nitrogen and oxygen atoms in total. The van der Waals surface area contributed by atoms with E-state index in [0.717, 1.165) is 31.7 Å². The summed E-state index contributed by atoms with van der Waals surface area (Å²) in [6.07, 6.45) is 8.25. The largest absolute Gasteiger partial charge is 0.465 e. The molecular formula is C12H21NO2. The number of hydrogen-bond acceptors (Lipinski definition) is 3. The lowest BCUT2D eigenvalue weighted by Crippen LogP contribution is -2.37. The fourth-order valence-corrected chi connectivity index (χ4v) is 2.06. The zero-order chi connectivity index (χ0) is 10.5. The molecule has 0 aromatic rings. The van der Waals surface area contributed by atoms with E-state index in [1.54, 1.807) is 0 Å². The Kier molecular flexibility index (Phi) is 4.01. The van der Waals surface area contributed by atoms with Gasteiger partial charge in [-0.3, -0.25) is 4.79 Å². The molecule has 2 rings (SSSR count). The Hall–Kier alpha value is -0.570. The Balaban J connectivity index is 1.63. The van der Waals surface area contributed by atoms with Gasteiger partial charge in [-0.25, -0.2) is 0 Å². The number of nitrogens with one attached hydrogen (secondary N) is 1. The third kappa shape index (κ3) is 3.82. The first-order valence-corrected chi connectivity index (χ1v) is 6.26. The lowest BCUT2D eigenvalue weighted by Gasteiger charge is -2.14. The number of carbonyl (C=O) groups is 1. The molecule has 0 aromatic heterocycles. The van der Waals surface area contributed by atoms with Gasteiger partial charge in [0.2, 0.25) is 0 Å². The summed E-state index contributed by atoms with van der Waals surface area (Å²) in [7, 11) is 0. The van der Waals surface area contributed by atoms with Crippen molar-refractivity contribution in [3.63, 3.8) is 0 Å². The molecule has 1 N–H and O–H groups in total. The molecule has 1 saturated carbocycles. The standard InChI is InChI=1S/C12H21NO2/c14-12(15-9-7-10-5-6-10)11-4-2-1-3-8-13-11/h10-11,13H,1-9H2. The van der Waals surface area contributed by atoms with Gasteiger partial charge < -0.3 is 10.1 Å². The van der Waals surface area contributed by atoms with Crippen LogP contribution >= 0.6 is 0 Å². The molecule has 2 aliphatic rings. The van der Waals surface area contributed by atoms with Crippen LogP contribution in [0.4, 0.5) is 0 Å². The molecule has 0 bridgehead atoms. The molecule has 1 saturated heterocycles. The van der Waals surface area contributed by atoms with Crippen molar-refractivity contribution in [3.05, 3.63) is 0 Å². The summed E-state index contributed by atoms with van der Waals surface area (Å²) in [5.74, 6) is 0.817. The van der Waals surface area contributed by atoms with E-state index < -0.39 is 0 Å². The number of carbonyl (C=O) groups excluding carboxylic acids is 1. The second-order valence-electron chi connectivity index (χ2n) is 4.76. The zero-order valence-electron chi connectivity index (χ0n) is 9.34. The number of esters is 1. The van der Waals surface area contributed by atoms with Crippen LogP contribution in [0.3, 0.4) is 0 Å². The number of ether oxygens (including phenoxy) is 1. The third-order valence-electron chi connectivity index (χ3n) is 3.31. The highest BCUT2D eigenvalue weighted by Crippen LogP contribution is 2.32. The van der Waals surface area contributed by atoms with Crippen molar-refractivity contribution in [3.8, 4) is 0 Å². The molecule has 86 valence electrons. The minimum absolute atomic E-state index is 0.0300. The van der Waals surface area contributed by atoms with Gasteiger partial charge >= 0.3 is 5.97 Å². The molecule has 1 unspecified atom stereocenters. The van der Waals surface area contributed by atoms with Gasteiger partial charge in [0.15, 0.2) is 0 Å². The van der Waals surface area contributed by atoms with Crippen molar-refractivity contribution in [2.45, 2.75) is 51.0 Å². The molecule has 0 spiro atoms. The van der Waals surface area contributed by atoms with E-state index in [1.165, 1.54) is 25.7 Å². The van der Waals surface area contributed by atoms with Gasteiger partial charge in [0.25, 0.3) is 0 Å². The van der Waals surface area contributed by atoms with Crippen LogP contribution in [-0.4, -0.2) is 25.2 Å². The van der Waals surface area contributed by atoms with E-state index in [-0.39, 0.29) is 12.0 Å². The predicted octanol–water partition coefficient (Wildman–Crippen LogP) is 1.86. The van der Waals surface area contributed by atoms with Crippen molar-refractivity contribution >= 4 is 5.97 Å². The van der Waals surface area contributed by atoms with Crippen LogP contribution < -0.4 is 5.32 Å². The van der Waals surface area contributed by atoms with Crippen molar-refractivity contribution in [1.82, 2.24) is 5.32 Å². The number of hydrogen-bond donors (Lipinski definition) is 1. The Bertz CT molecular complexity index is 206. The Morgan fingerprint density at radius 2 is 2.07 bits per heavy atom. The normalized spacial score (nSPS) is 27.1. The van der Waals surface area contributed by atoms with Gasteiger partial charge in [0, 0.05) is 0 Å². The molecule has 0 aromatic carbocycles. The highest BCUT2D eigenvalue weighted by molar-refractivity contribution is 5.75. The smallest absolute Gasteiger partial charge is 0.323 e. The van der Waals surface area contributed by atoms with Gasteiger partial charge in [-0.15, -0.1) is 0 Å². The van der Waals surface area contributed by atoms with Gasteiger partial charge in [0.05, 0.1) is 6.61 Å².